The van der Waals surface area contributed by atoms with E-state index in [0.29, 0.717) is 22.0 Å². The lowest BCUT2D eigenvalue weighted by Crippen LogP contribution is -2.02. The van der Waals surface area contributed by atoms with Gasteiger partial charge < -0.3 is 11.5 Å². The fraction of sp³-hybridized carbons (Fsp3) is 0.333. The van der Waals surface area contributed by atoms with Crippen LogP contribution in [0, 0.1) is 0 Å². The van der Waals surface area contributed by atoms with E-state index in [4.69, 9.17) is 17.3 Å². The maximum atomic E-state index is 5.64. The molecule has 0 amide bonds. The summed E-state index contributed by atoms with van der Waals surface area (Å²) >= 11 is 8.80. The van der Waals surface area contributed by atoms with Gasteiger partial charge in [0.05, 0.1) is 11.0 Å². The minimum absolute atomic E-state index is 0.312. The van der Waals surface area contributed by atoms with Gasteiger partial charge in [0.2, 0.25) is 0 Å². The Kier molecular flexibility index (Phi) is 6.18. The van der Waals surface area contributed by atoms with Crippen LogP contribution in [-0.2, 0) is 6.54 Å². The summed E-state index contributed by atoms with van der Waals surface area (Å²) in [7, 11) is 1.50. The summed E-state index contributed by atoms with van der Waals surface area (Å²) in [6, 6.07) is 0. The lowest BCUT2D eigenvalue weighted by atomic mass is 10.5. The molecule has 0 spiro atoms. The zero-order valence-electron chi connectivity index (χ0n) is 6.59. The molecule has 4 N–H and O–H groups in total. The van der Waals surface area contributed by atoms with Gasteiger partial charge >= 0.3 is 0 Å². The molecule has 12 heavy (non-hydrogen) atoms. The minimum atomic E-state index is 0.312. The Morgan fingerprint density at radius 2 is 2.17 bits per heavy atom. The highest BCUT2D eigenvalue weighted by atomic mass is 79.9. The lowest BCUT2D eigenvalue weighted by molar-refractivity contribution is 0.905. The standard InChI is InChI=1S/C5H5BrClN3.CH5N/c6-3-2-9-4(1-8)10-5(3)7;1-2/h2H,1,8H2;2H2,1H3. The normalized spacial score (nSPS) is 8.75. The topological polar surface area (TPSA) is 77.8 Å². The fourth-order valence-corrected chi connectivity index (χ4v) is 0.816. The van der Waals surface area contributed by atoms with Crippen molar-refractivity contribution < 1.29 is 0 Å². The summed E-state index contributed by atoms with van der Waals surface area (Å²) in [6.45, 7) is 0.312. The van der Waals surface area contributed by atoms with Gasteiger partial charge in [-0.2, -0.15) is 0 Å². The summed E-state index contributed by atoms with van der Waals surface area (Å²) < 4.78 is 0.686. The first kappa shape index (κ1) is 11.8. The van der Waals surface area contributed by atoms with Gasteiger partial charge in [-0.05, 0) is 23.0 Å². The highest BCUT2D eigenvalue weighted by Crippen LogP contribution is 2.17. The molecule has 0 fully saturated rings. The minimum Gasteiger partial charge on any atom is -0.333 e. The Balaban J connectivity index is 0.000000561. The van der Waals surface area contributed by atoms with Gasteiger partial charge in [-0.1, -0.05) is 11.6 Å². The van der Waals surface area contributed by atoms with Crippen LogP contribution in [0.2, 0.25) is 5.15 Å². The number of hydrogen-bond acceptors (Lipinski definition) is 4. The number of aromatic nitrogens is 2. The third-order valence-electron chi connectivity index (χ3n) is 0.934. The molecule has 0 bridgehead atoms. The molecule has 1 aromatic heterocycles. The van der Waals surface area contributed by atoms with Crippen LogP contribution in [-0.4, -0.2) is 17.0 Å². The Hall–Kier alpha value is -0.230. The van der Waals surface area contributed by atoms with E-state index < -0.39 is 0 Å². The Morgan fingerprint density at radius 3 is 2.58 bits per heavy atom. The molecule has 0 unspecified atom stereocenters. The van der Waals surface area contributed by atoms with E-state index in [2.05, 4.69) is 31.6 Å². The number of nitrogens with two attached hydrogens (primary N) is 2. The molecular weight excluding hydrogens is 243 g/mol. The Morgan fingerprint density at radius 1 is 1.58 bits per heavy atom. The van der Waals surface area contributed by atoms with Crippen molar-refractivity contribution in [2.24, 2.45) is 11.5 Å². The van der Waals surface area contributed by atoms with E-state index in [1.165, 1.54) is 7.05 Å². The number of halogens is 2. The van der Waals surface area contributed by atoms with Gasteiger partial charge in [0.15, 0.2) is 0 Å². The van der Waals surface area contributed by atoms with Crippen molar-refractivity contribution >= 4 is 27.5 Å². The molecule has 0 aliphatic carbocycles. The molecule has 1 rings (SSSR count). The van der Waals surface area contributed by atoms with Crippen molar-refractivity contribution in [3.8, 4) is 0 Å². The zero-order chi connectivity index (χ0) is 9.56. The van der Waals surface area contributed by atoms with Gasteiger partial charge in [0.1, 0.15) is 11.0 Å². The van der Waals surface area contributed by atoms with E-state index in [9.17, 15) is 0 Å². The molecular formula is C6H10BrClN4. The molecule has 0 atom stereocenters. The van der Waals surface area contributed by atoms with Crippen LogP contribution in [0.3, 0.4) is 0 Å². The molecule has 0 aromatic carbocycles. The van der Waals surface area contributed by atoms with Crippen LogP contribution in [0.25, 0.3) is 0 Å². The van der Waals surface area contributed by atoms with Gasteiger partial charge in [0, 0.05) is 6.20 Å². The summed E-state index contributed by atoms with van der Waals surface area (Å²) in [5.74, 6) is 0.549. The van der Waals surface area contributed by atoms with Crippen LogP contribution in [0.5, 0.6) is 0 Å². The van der Waals surface area contributed by atoms with E-state index in [-0.39, 0.29) is 0 Å². The maximum Gasteiger partial charge on any atom is 0.147 e. The Bertz CT molecular complexity index is 243. The average molecular weight is 254 g/mol. The van der Waals surface area contributed by atoms with E-state index >= 15 is 0 Å². The lowest BCUT2D eigenvalue weighted by Gasteiger charge is -1.96. The number of hydrogen-bond donors (Lipinski definition) is 2. The number of nitrogens with zero attached hydrogens (tertiary/aromatic N) is 2. The summed E-state index contributed by atoms with van der Waals surface area (Å²) in [5.41, 5.74) is 9.77. The van der Waals surface area contributed by atoms with Crippen LogP contribution >= 0.6 is 27.5 Å². The maximum absolute atomic E-state index is 5.64. The predicted octanol–water partition coefficient (Wildman–Crippen LogP) is 0.926. The van der Waals surface area contributed by atoms with E-state index in [1.807, 2.05) is 0 Å². The van der Waals surface area contributed by atoms with E-state index in [0.717, 1.165) is 0 Å². The third-order valence-corrected chi connectivity index (χ3v) is 2.03. The van der Waals surface area contributed by atoms with Gasteiger partial charge in [0.25, 0.3) is 0 Å². The zero-order valence-corrected chi connectivity index (χ0v) is 8.93. The third kappa shape index (κ3) is 3.44. The van der Waals surface area contributed by atoms with Crippen LogP contribution in [0.15, 0.2) is 10.7 Å². The second-order valence-corrected chi connectivity index (χ2v) is 2.84. The van der Waals surface area contributed by atoms with Crippen molar-refractivity contribution in [1.29, 1.82) is 0 Å². The van der Waals surface area contributed by atoms with Crippen LogP contribution in [0.4, 0.5) is 0 Å². The van der Waals surface area contributed by atoms with Crippen LogP contribution in [0.1, 0.15) is 5.82 Å². The van der Waals surface area contributed by atoms with Gasteiger partial charge in [-0.15, -0.1) is 0 Å². The monoisotopic (exact) mass is 252 g/mol. The molecule has 4 nitrogen and oxygen atoms in total. The van der Waals surface area contributed by atoms with Crippen molar-refractivity contribution in [2.75, 3.05) is 7.05 Å². The predicted molar refractivity (Wildman–Crippen MR) is 52.7 cm³/mol. The fourth-order valence-electron chi connectivity index (χ4n) is 0.478. The average Bonchev–Trinajstić information content (AvgIpc) is 2.13. The molecule has 68 valence electrons. The first-order valence-corrected chi connectivity index (χ1v) is 4.36. The molecule has 0 saturated heterocycles. The summed E-state index contributed by atoms with van der Waals surface area (Å²) in [5, 5.41) is 0.399. The smallest absolute Gasteiger partial charge is 0.147 e. The molecule has 1 heterocycles. The van der Waals surface area contributed by atoms with Crippen molar-refractivity contribution in [1.82, 2.24) is 9.97 Å². The molecule has 0 aliphatic heterocycles. The molecule has 0 saturated carbocycles. The second-order valence-electron chi connectivity index (χ2n) is 1.63. The van der Waals surface area contributed by atoms with Crippen molar-refractivity contribution in [3.63, 3.8) is 0 Å². The van der Waals surface area contributed by atoms with Gasteiger partial charge in [-0.3, -0.25) is 0 Å². The SMILES string of the molecule is CN.NCc1ncc(Br)c(Cl)n1. The molecule has 0 radical (unpaired) electrons. The first-order valence-electron chi connectivity index (χ1n) is 3.18. The first-order chi connectivity index (χ1) is 5.74. The Labute approximate surface area is 84.5 Å². The van der Waals surface area contributed by atoms with E-state index in [1.54, 1.807) is 6.20 Å². The highest BCUT2D eigenvalue weighted by Gasteiger charge is 1.98. The summed E-state index contributed by atoms with van der Waals surface area (Å²) in [6.07, 6.45) is 1.58. The second kappa shape index (κ2) is 6.30. The van der Waals surface area contributed by atoms with Crippen molar-refractivity contribution in [3.05, 3.63) is 21.6 Å². The molecule has 0 aliphatic rings. The highest BCUT2D eigenvalue weighted by molar-refractivity contribution is 9.10. The molecule has 1 aromatic rings. The van der Waals surface area contributed by atoms with Gasteiger partial charge in [-0.25, -0.2) is 9.97 Å². The van der Waals surface area contributed by atoms with Crippen LogP contribution < -0.4 is 11.5 Å². The summed E-state index contributed by atoms with van der Waals surface area (Å²) in [4.78, 5) is 7.76. The largest absolute Gasteiger partial charge is 0.333 e. The van der Waals surface area contributed by atoms with Crippen molar-refractivity contribution in [2.45, 2.75) is 6.54 Å². The molecule has 6 heteroatoms. The number of rotatable bonds is 1. The quantitative estimate of drug-likeness (QED) is 0.730.